The smallest absolute Gasteiger partial charge is 0.253 e. The van der Waals surface area contributed by atoms with E-state index in [0.29, 0.717) is 24.3 Å². The molecule has 2 aromatic carbocycles. The van der Waals surface area contributed by atoms with E-state index in [2.05, 4.69) is 19.9 Å². The van der Waals surface area contributed by atoms with Crippen molar-refractivity contribution in [2.75, 3.05) is 18.0 Å². The van der Waals surface area contributed by atoms with E-state index in [1.165, 1.54) is 10.5 Å². The van der Waals surface area contributed by atoms with Crippen LogP contribution in [0, 0.1) is 0 Å². The van der Waals surface area contributed by atoms with Gasteiger partial charge in [-0.05, 0) is 44.2 Å². The first-order valence-electron chi connectivity index (χ1n) is 11.5. The van der Waals surface area contributed by atoms with E-state index in [1.54, 1.807) is 24.3 Å². The van der Waals surface area contributed by atoms with Crippen LogP contribution in [-0.4, -0.2) is 47.4 Å². The minimum absolute atomic E-state index is 0.0300. The largest absolute Gasteiger partial charge is 0.486 e. The SMILES string of the molecule is CC1(C)Cc2cccc(OC3CCN(C(=O)c4ccc(N5C(=O)CCC5=O)cc4)CC3)c2O1. The Morgan fingerprint density at radius 1 is 1.00 bits per heavy atom. The number of para-hydroxylation sites is 1. The number of benzene rings is 2. The van der Waals surface area contributed by atoms with E-state index in [9.17, 15) is 14.4 Å². The second kappa shape index (κ2) is 8.21. The maximum absolute atomic E-state index is 13.0. The number of fused-ring (bicyclic) bond motifs is 1. The Morgan fingerprint density at radius 2 is 1.67 bits per heavy atom. The summed E-state index contributed by atoms with van der Waals surface area (Å²) in [5.74, 6) is 1.18. The minimum Gasteiger partial charge on any atom is -0.486 e. The molecule has 0 N–H and O–H groups in total. The standard InChI is InChI=1S/C26H28N2O5/c1-26(2)16-18-4-3-5-21(24(18)33-26)32-20-12-14-27(15-13-20)25(31)17-6-8-19(9-7-17)28-22(29)10-11-23(28)30/h3-9,20H,10-16H2,1-2H3. The molecule has 0 aromatic heterocycles. The van der Waals surface area contributed by atoms with Gasteiger partial charge < -0.3 is 14.4 Å². The number of rotatable bonds is 4. The van der Waals surface area contributed by atoms with Gasteiger partial charge in [0.1, 0.15) is 11.7 Å². The van der Waals surface area contributed by atoms with Crippen LogP contribution in [0.1, 0.15) is 55.5 Å². The third-order valence-electron chi connectivity index (χ3n) is 6.50. The molecule has 3 amide bonds. The van der Waals surface area contributed by atoms with E-state index in [0.717, 1.165) is 30.8 Å². The van der Waals surface area contributed by atoms with Crippen molar-refractivity contribution in [3.05, 3.63) is 53.6 Å². The molecule has 0 unspecified atom stereocenters. The van der Waals surface area contributed by atoms with Crippen LogP contribution in [-0.2, 0) is 16.0 Å². The summed E-state index contributed by atoms with van der Waals surface area (Å²) in [5, 5.41) is 0. The average molecular weight is 449 g/mol. The van der Waals surface area contributed by atoms with Crippen LogP contribution in [0.15, 0.2) is 42.5 Å². The number of likely N-dealkylation sites (tertiary alicyclic amines) is 1. The van der Waals surface area contributed by atoms with E-state index in [4.69, 9.17) is 9.47 Å². The summed E-state index contributed by atoms with van der Waals surface area (Å²) in [7, 11) is 0. The summed E-state index contributed by atoms with van der Waals surface area (Å²) in [5.41, 5.74) is 2.02. The number of imide groups is 1. The van der Waals surface area contributed by atoms with Gasteiger partial charge in [0.05, 0.1) is 5.69 Å². The zero-order chi connectivity index (χ0) is 23.2. The van der Waals surface area contributed by atoms with Crippen LogP contribution in [0.2, 0.25) is 0 Å². The lowest BCUT2D eigenvalue weighted by Gasteiger charge is -2.32. The number of carbonyl (C=O) groups excluding carboxylic acids is 3. The van der Waals surface area contributed by atoms with Crippen LogP contribution < -0.4 is 14.4 Å². The molecule has 3 heterocycles. The number of anilines is 1. The molecule has 5 rings (SSSR count). The third-order valence-corrected chi connectivity index (χ3v) is 6.50. The first kappa shape index (κ1) is 21.5. The van der Waals surface area contributed by atoms with Crippen molar-refractivity contribution in [3.63, 3.8) is 0 Å². The van der Waals surface area contributed by atoms with Crippen LogP contribution in [0.4, 0.5) is 5.69 Å². The number of nitrogens with zero attached hydrogens (tertiary/aromatic N) is 2. The lowest BCUT2D eigenvalue weighted by atomic mass is 10.0. The molecular weight excluding hydrogens is 420 g/mol. The number of amides is 3. The molecule has 7 nitrogen and oxygen atoms in total. The molecule has 172 valence electrons. The molecule has 7 heteroatoms. The second-order valence-electron chi connectivity index (χ2n) is 9.56. The lowest BCUT2D eigenvalue weighted by molar-refractivity contribution is -0.121. The monoisotopic (exact) mass is 448 g/mol. The fraction of sp³-hybridized carbons (Fsp3) is 0.423. The molecule has 0 atom stereocenters. The molecule has 2 aromatic rings. The van der Waals surface area contributed by atoms with Gasteiger partial charge >= 0.3 is 0 Å². The van der Waals surface area contributed by atoms with Gasteiger partial charge in [-0.1, -0.05) is 12.1 Å². The Balaban J connectivity index is 1.19. The highest BCUT2D eigenvalue weighted by Crippen LogP contribution is 2.42. The molecule has 3 aliphatic rings. The lowest BCUT2D eigenvalue weighted by Crippen LogP contribution is -2.41. The summed E-state index contributed by atoms with van der Waals surface area (Å²) in [6.45, 7) is 5.37. The van der Waals surface area contributed by atoms with E-state index >= 15 is 0 Å². The van der Waals surface area contributed by atoms with E-state index in [1.807, 2.05) is 17.0 Å². The molecule has 2 saturated heterocycles. The maximum Gasteiger partial charge on any atom is 0.253 e. The van der Waals surface area contributed by atoms with Gasteiger partial charge in [0.15, 0.2) is 11.5 Å². The second-order valence-corrected chi connectivity index (χ2v) is 9.56. The highest BCUT2D eigenvalue weighted by molar-refractivity contribution is 6.19. The van der Waals surface area contributed by atoms with Gasteiger partial charge in [-0.2, -0.15) is 0 Å². The van der Waals surface area contributed by atoms with Gasteiger partial charge in [-0.3, -0.25) is 19.3 Å². The summed E-state index contributed by atoms with van der Waals surface area (Å²) < 4.78 is 12.4. The predicted octanol–water partition coefficient (Wildman–Crippen LogP) is 3.74. The zero-order valence-electron chi connectivity index (χ0n) is 19.0. The first-order chi connectivity index (χ1) is 15.8. The van der Waals surface area contributed by atoms with E-state index in [-0.39, 0.29) is 42.3 Å². The van der Waals surface area contributed by atoms with Crippen LogP contribution >= 0.6 is 0 Å². The molecule has 2 fully saturated rings. The normalized spacial score (nSPS) is 20.1. The Hall–Kier alpha value is -3.35. The molecule has 0 bridgehead atoms. The summed E-state index contributed by atoms with van der Waals surface area (Å²) in [4.78, 5) is 39.8. The summed E-state index contributed by atoms with van der Waals surface area (Å²) in [6.07, 6.45) is 2.87. The van der Waals surface area contributed by atoms with Gasteiger partial charge in [0.2, 0.25) is 11.8 Å². The average Bonchev–Trinajstić information content (AvgIpc) is 3.31. The number of hydrogen-bond acceptors (Lipinski definition) is 5. The number of hydrogen-bond donors (Lipinski definition) is 0. The Bertz CT molecular complexity index is 1080. The number of ether oxygens (including phenoxy) is 2. The molecule has 0 aliphatic carbocycles. The first-order valence-corrected chi connectivity index (χ1v) is 11.5. The number of carbonyl (C=O) groups is 3. The van der Waals surface area contributed by atoms with Crippen molar-refractivity contribution in [3.8, 4) is 11.5 Å². The topological polar surface area (TPSA) is 76.2 Å². The van der Waals surface area contributed by atoms with Crippen molar-refractivity contribution >= 4 is 23.4 Å². The molecule has 0 spiro atoms. The predicted molar refractivity (Wildman–Crippen MR) is 123 cm³/mol. The molecule has 0 radical (unpaired) electrons. The Morgan fingerprint density at radius 3 is 2.33 bits per heavy atom. The van der Waals surface area contributed by atoms with Gasteiger partial charge in [0, 0.05) is 56.3 Å². The van der Waals surface area contributed by atoms with E-state index < -0.39 is 0 Å². The van der Waals surface area contributed by atoms with Crippen molar-refractivity contribution in [2.45, 2.75) is 57.7 Å². The van der Waals surface area contributed by atoms with Crippen LogP contribution in [0.5, 0.6) is 11.5 Å². The highest BCUT2D eigenvalue weighted by atomic mass is 16.5. The van der Waals surface area contributed by atoms with Gasteiger partial charge in [-0.15, -0.1) is 0 Å². The quantitative estimate of drug-likeness (QED) is 0.666. The molecular formula is C26H28N2O5. The minimum atomic E-state index is -0.220. The fourth-order valence-corrected chi connectivity index (χ4v) is 4.84. The van der Waals surface area contributed by atoms with Crippen LogP contribution in [0.25, 0.3) is 0 Å². The summed E-state index contributed by atoms with van der Waals surface area (Å²) in [6, 6.07) is 12.7. The van der Waals surface area contributed by atoms with Crippen molar-refractivity contribution in [2.24, 2.45) is 0 Å². The van der Waals surface area contributed by atoms with Crippen LogP contribution in [0.3, 0.4) is 0 Å². The van der Waals surface area contributed by atoms with Gasteiger partial charge in [0.25, 0.3) is 5.91 Å². The number of piperidine rings is 1. The fourth-order valence-electron chi connectivity index (χ4n) is 4.84. The molecule has 3 aliphatic heterocycles. The van der Waals surface area contributed by atoms with Crippen molar-refractivity contribution < 1.29 is 23.9 Å². The molecule has 0 saturated carbocycles. The molecule has 33 heavy (non-hydrogen) atoms. The van der Waals surface area contributed by atoms with Crippen molar-refractivity contribution in [1.29, 1.82) is 0 Å². The zero-order valence-corrected chi connectivity index (χ0v) is 19.0. The van der Waals surface area contributed by atoms with Crippen molar-refractivity contribution in [1.82, 2.24) is 4.90 Å². The Labute approximate surface area is 193 Å². The summed E-state index contributed by atoms with van der Waals surface area (Å²) >= 11 is 0. The third kappa shape index (κ3) is 4.19. The van der Waals surface area contributed by atoms with Gasteiger partial charge in [-0.25, -0.2) is 0 Å². The highest BCUT2D eigenvalue weighted by Gasteiger charge is 2.34. The maximum atomic E-state index is 13.0. The Kier molecular flexibility index (Phi) is 5.35.